The topological polar surface area (TPSA) is 34.5 Å². The molecule has 4 nitrogen and oxygen atoms in total. The Hall–Kier alpha value is -3.53. The molecule has 0 fully saturated rings. The van der Waals surface area contributed by atoms with E-state index < -0.39 is 5.60 Å². The van der Waals surface area contributed by atoms with Gasteiger partial charge in [0.2, 0.25) is 0 Å². The van der Waals surface area contributed by atoms with E-state index >= 15 is 0 Å². The third-order valence-corrected chi connectivity index (χ3v) is 7.24. The highest BCUT2D eigenvalue weighted by molar-refractivity contribution is 6.01. The maximum atomic E-state index is 13.5. The lowest BCUT2D eigenvalue weighted by molar-refractivity contribution is 0.0253. The molecule has 0 amide bonds. The summed E-state index contributed by atoms with van der Waals surface area (Å²) in [6.45, 7) is 10.2. The van der Waals surface area contributed by atoms with Gasteiger partial charge in [-0.2, -0.15) is 0 Å². The summed E-state index contributed by atoms with van der Waals surface area (Å²) in [7, 11) is 2.08. The van der Waals surface area contributed by atoms with Gasteiger partial charge in [-0.25, -0.2) is 4.79 Å². The number of benzene rings is 3. The third kappa shape index (κ3) is 2.86. The lowest BCUT2D eigenvalue weighted by Gasteiger charge is -2.35. The van der Waals surface area contributed by atoms with E-state index in [1.54, 1.807) is 0 Å². The van der Waals surface area contributed by atoms with Gasteiger partial charge in [0, 0.05) is 59.1 Å². The van der Waals surface area contributed by atoms with Gasteiger partial charge < -0.3 is 14.2 Å². The average Bonchev–Trinajstić information content (AvgIpc) is 3.27. The second kappa shape index (κ2) is 7.80. The van der Waals surface area contributed by atoms with E-state index in [4.69, 9.17) is 4.74 Å². The molecule has 0 spiro atoms. The van der Waals surface area contributed by atoms with E-state index in [2.05, 4.69) is 86.7 Å². The number of cyclic esters (lactones) is 1. The fraction of sp³-hybridized carbons (Fsp3) is 0.276. The zero-order chi connectivity index (χ0) is 23.3. The Morgan fingerprint density at radius 2 is 1.58 bits per heavy atom. The molecule has 4 heteroatoms. The summed E-state index contributed by atoms with van der Waals surface area (Å²) < 4.78 is 8.78. The molecule has 5 rings (SSSR count). The van der Waals surface area contributed by atoms with Crippen molar-refractivity contribution in [3.63, 3.8) is 0 Å². The van der Waals surface area contributed by atoms with Crippen LogP contribution >= 0.6 is 0 Å². The standard InChI is InChI=1S/C29H30N2O2/c1-6-31(7-2)25-18-12-15-22-27(25)29(33-28(22)32,23-16-10-8-13-19(23)3)26-20(4)30(5)24-17-11-9-14-21(24)26/h8-18H,6-7H2,1-5H3. The summed E-state index contributed by atoms with van der Waals surface area (Å²) in [6.07, 6.45) is 0. The van der Waals surface area contributed by atoms with Gasteiger partial charge in [0.15, 0.2) is 5.60 Å². The summed E-state index contributed by atoms with van der Waals surface area (Å²) in [6, 6.07) is 22.7. The van der Waals surface area contributed by atoms with Crippen molar-refractivity contribution < 1.29 is 9.53 Å². The van der Waals surface area contributed by atoms with Gasteiger partial charge in [-0.05, 0) is 51.5 Å². The first kappa shape index (κ1) is 21.3. The number of aromatic nitrogens is 1. The molecule has 4 aromatic rings. The molecule has 0 radical (unpaired) electrons. The smallest absolute Gasteiger partial charge is 0.340 e. The number of carbonyl (C=O) groups excluding carboxylic acids is 1. The number of fused-ring (bicyclic) bond motifs is 2. The number of esters is 1. The molecule has 33 heavy (non-hydrogen) atoms. The Morgan fingerprint density at radius 1 is 0.879 bits per heavy atom. The van der Waals surface area contributed by atoms with E-state index in [1.165, 1.54) is 0 Å². The molecule has 0 saturated carbocycles. The summed E-state index contributed by atoms with van der Waals surface area (Å²) in [4.78, 5) is 15.8. The van der Waals surface area contributed by atoms with E-state index in [-0.39, 0.29) is 5.97 Å². The first-order chi connectivity index (χ1) is 16.0. The predicted octanol–water partition coefficient (Wildman–Crippen LogP) is 6.10. The molecule has 168 valence electrons. The highest BCUT2D eigenvalue weighted by Crippen LogP contribution is 2.54. The van der Waals surface area contributed by atoms with Crippen LogP contribution < -0.4 is 4.90 Å². The van der Waals surface area contributed by atoms with Crippen molar-refractivity contribution in [2.75, 3.05) is 18.0 Å². The van der Waals surface area contributed by atoms with Gasteiger partial charge in [-0.1, -0.05) is 48.5 Å². The number of nitrogens with zero attached hydrogens (tertiary/aromatic N) is 2. The van der Waals surface area contributed by atoms with Crippen molar-refractivity contribution in [3.05, 3.63) is 100 Å². The number of rotatable bonds is 5. The van der Waals surface area contributed by atoms with Gasteiger partial charge in [-0.3, -0.25) is 0 Å². The number of hydrogen-bond acceptors (Lipinski definition) is 3. The predicted molar refractivity (Wildman–Crippen MR) is 134 cm³/mol. The zero-order valence-corrected chi connectivity index (χ0v) is 20.0. The average molecular weight is 439 g/mol. The minimum absolute atomic E-state index is 0.269. The summed E-state index contributed by atoms with van der Waals surface area (Å²) in [5, 5.41) is 1.11. The number of anilines is 1. The summed E-state index contributed by atoms with van der Waals surface area (Å²) in [5.74, 6) is -0.269. The van der Waals surface area contributed by atoms with Crippen molar-refractivity contribution in [1.29, 1.82) is 0 Å². The van der Waals surface area contributed by atoms with Gasteiger partial charge in [0.1, 0.15) is 0 Å². The number of carbonyl (C=O) groups is 1. The van der Waals surface area contributed by atoms with Gasteiger partial charge in [-0.15, -0.1) is 0 Å². The van der Waals surface area contributed by atoms with Crippen molar-refractivity contribution in [3.8, 4) is 0 Å². The van der Waals surface area contributed by atoms with Crippen LogP contribution in [0.4, 0.5) is 5.69 Å². The fourth-order valence-electron chi connectivity index (χ4n) is 5.59. The van der Waals surface area contributed by atoms with Crippen LogP contribution in [0.2, 0.25) is 0 Å². The van der Waals surface area contributed by atoms with Crippen molar-refractivity contribution in [1.82, 2.24) is 4.57 Å². The van der Waals surface area contributed by atoms with E-state index in [9.17, 15) is 4.79 Å². The number of aryl methyl sites for hydroxylation is 2. The monoisotopic (exact) mass is 438 g/mol. The maximum absolute atomic E-state index is 13.5. The minimum atomic E-state index is -1.03. The molecule has 0 N–H and O–H groups in total. The summed E-state index contributed by atoms with van der Waals surface area (Å²) >= 11 is 0. The third-order valence-electron chi connectivity index (χ3n) is 7.24. The Bertz CT molecular complexity index is 1380. The first-order valence-corrected chi connectivity index (χ1v) is 11.7. The van der Waals surface area contributed by atoms with Crippen LogP contribution in [0.3, 0.4) is 0 Å². The molecule has 1 aliphatic heterocycles. The van der Waals surface area contributed by atoms with Crippen LogP contribution in [-0.4, -0.2) is 23.6 Å². The molecule has 1 aromatic heterocycles. The number of para-hydroxylation sites is 1. The fourth-order valence-corrected chi connectivity index (χ4v) is 5.59. The lowest BCUT2D eigenvalue weighted by atomic mass is 9.76. The Kier molecular flexibility index (Phi) is 5.04. The molecule has 3 aromatic carbocycles. The van der Waals surface area contributed by atoms with Gasteiger partial charge in [0.05, 0.1) is 5.56 Å². The van der Waals surface area contributed by atoms with Crippen molar-refractivity contribution >= 4 is 22.6 Å². The molecule has 1 aliphatic rings. The molecule has 0 bridgehead atoms. The van der Waals surface area contributed by atoms with Crippen LogP contribution in [0.5, 0.6) is 0 Å². The van der Waals surface area contributed by atoms with Gasteiger partial charge in [0.25, 0.3) is 0 Å². The Labute approximate surface area is 195 Å². The normalized spacial score (nSPS) is 17.3. The van der Waals surface area contributed by atoms with Gasteiger partial charge >= 0.3 is 5.97 Å². The van der Waals surface area contributed by atoms with Crippen LogP contribution in [0, 0.1) is 13.8 Å². The van der Waals surface area contributed by atoms with E-state index in [1.807, 2.05) is 24.3 Å². The Morgan fingerprint density at radius 3 is 2.30 bits per heavy atom. The second-order valence-corrected chi connectivity index (χ2v) is 8.79. The highest BCUT2D eigenvalue weighted by atomic mass is 16.6. The number of ether oxygens (including phenoxy) is 1. The highest BCUT2D eigenvalue weighted by Gasteiger charge is 2.53. The first-order valence-electron chi connectivity index (χ1n) is 11.7. The molecule has 1 unspecified atom stereocenters. The van der Waals surface area contributed by atoms with Crippen molar-refractivity contribution in [2.24, 2.45) is 7.05 Å². The maximum Gasteiger partial charge on any atom is 0.340 e. The quantitative estimate of drug-likeness (QED) is 0.353. The summed E-state index contributed by atoms with van der Waals surface area (Å²) in [5.41, 5.74) is 7.00. The Balaban J connectivity index is 2.00. The lowest BCUT2D eigenvalue weighted by Crippen LogP contribution is -2.34. The van der Waals surface area contributed by atoms with E-state index in [0.717, 1.165) is 57.6 Å². The zero-order valence-electron chi connectivity index (χ0n) is 20.0. The second-order valence-electron chi connectivity index (χ2n) is 8.79. The number of hydrogen-bond donors (Lipinski definition) is 0. The minimum Gasteiger partial charge on any atom is -0.440 e. The van der Waals surface area contributed by atoms with Crippen LogP contribution in [0.1, 0.15) is 52.2 Å². The van der Waals surface area contributed by atoms with E-state index in [0.29, 0.717) is 5.56 Å². The van der Waals surface area contributed by atoms with Crippen molar-refractivity contribution in [2.45, 2.75) is 33.3 Å². The SMILES string of the molecule is CCN(CC)c1cccc2c1C(c1ccccc1C)(c1c(C)n(C)c3ccccc13)OC2=O. The molecule has 1 atom stereocenters. The largest absolute Gasteiger partial charge is 0.440 e. The molecule has 0 saturated heterocycles. The van der Waals surface area contributed by atoms with Crippen LogP contribution in [0.25, 0.3) is 10.9 Å². The molecule has 0 aliphatic carbocycles. The molecular formula is C29H30N2O2. The van der Waals surface area contributed by atoms with Crippen LogP contribution in [0.15, 0.2) is 66.7 Å². The van der Waals surface area contributed by atoms with Crippen LogP contribution in [-0.2, 0) is 17.4 Å². The molecular weight excluding hydrogens is 408 g/mol. The molecule has 2 heterocycles.